The van der Waals surface area contributed by atoms with Crippen molar-refractivity contribution >= 4 is 5.91 Å². The van der Waals surface area contributed by atoms with Gasteiger partial charge in [-0.2, -0.15) is 0 Å². The van der Waals surface area contributed by atoms with Gasteiger partial charge in [0.25, 0.3) is 0 Å². The second-order valence-electron chi connectivity index (χ2n) is 3.87. The molecule has 1 aromatic carbocycles. The number of nitrogens with one attached hydrogen (secondary N) is 1. The third-order valence-electron chi connectivity index (χ3n) is 2.85. The molecule has 0 bridgehead atoms. The number of aliphatic hydroxyl groups excluding tert-OH is 1. The maximum atomic E-state index is 11.1. The zero-order valence-electron chi connectivity index (χ0n) is 8.57. The zero-order chi connectivity index (χ0) is 10.7. The van der Waals surface area contributed by atoms with Gasteiger partial charge in [0, 0.05) is 0 Å². The SMILES string of the molecule is O=C(CO)N[C@@H]1CCCc2ccccc21. The summed E-state index contributed by atoms with van der Waals surface area (Å²) in [5.41, 5.74) is 2.51. The number of aryl methyl sites for hydroxylation is 1. The van der Waals surface area contributed by atoms with E-state index in [0.717, 1.165) is 19.3 Å². The van der Waals surface area contributed by atoms with Gasteiger partial charge in [0.05, 0.1) is 6.04 Å². The number of carbonyl (C=O) groups excluding carboxylic acids is 1. The molecule has 1 aromatic rings. The van der Waals surface area contributed by atoms with Crippen molar-refractivity contribution in [2.24, 2.45) is 0 Å². The standard InChI is InChI=1S/C12H15NO2/c14-8-12(15)13-11-7-3-5-9-4-1-2-6-10(9)11/h1-2,4,6,11,14H,3,5,7-8H2,(H,13,15)/t11-/m1/s1. The smallest absolute Gasteiger partial charge is 0.246 e. The van der Waals surface area contributed by atoms with Crippen molar-refractivity contribution in [2.75, 3.05) is 6.61 Å². The molecule has 1 aliphatic carbocycles. The van der Waals surface area contributed by atoms with Crippen LogP contribution in [-0.2, 0) is 11.2 Å². The van der Waals surface area contributed by atoms with Crippen molar-refractivity contribution in [2.45, 2.75) is 25.3 Å². The number of carbonyl (C=O) groups is 1. The lowest BCUT2D eigenvalue weighted by molar-refractivity contribution is -0.124. The van der Waals surface area contributed by atoms with E-state index in [1.165, 1.54) is 11.1 Å². The Kier molecular flexibility index (Phi) is 3.02. The molecule has 0 aliphatic heterocycles. The molecule has 1 aliphatic rings. The number of rotatable bonds is 2. The van der Waals surface area contributed by atoms with E-state index in [1.807, 2.05) is 12.1 Å². The van der Waals surface area contributed by atoms with Gasteiger partial charge in [0.2, 0.25) is 5.91 Å². The summed E-state index contributed by atoms with van der Waals surface area (Å²) in [6.45, 7) is -0.432. The van der Waals surface area contributed by atoms with Crippen molar-refractivity contribution in [1.29, 1.82) is 0 Å². The van der Waals surface area contributed by atoms with Crippen molar-refractivity contribution in [3.63, 3.8) is 0 Å². The Bertz CT molecular complexity index is 362. The maximum Gasteiger partial charge on any atom is 0.246 e. The summed E-state index contributed by atoms with van der Waals surface area (Å²) in [6.07, 6.45) is 3.14. The van der Waals surface area contributed by atoms with Crippen LogP contribution in [0, 0.1) is 0 Å². The summed E-state index contributed by atoms with van der Waals surface area (Å²) < 4.78 is 0. The quantitative estimate of drug-likeness (QED) is 0.761. The minimum absolute atomic E-state index is 0.0783. The Hall–Kier alpha value is -1.35. The van der Waals surface area contributed by atoms with Gasteiger partial charge in [0.15, 0.2) is 0 Å². The predicted molar refractivity (Wildman–Crippen MR) is 57.3 cm³/mol. The largest absolute Gasteiger partial charge is 0.387 e. The van der Waals surface area contributed by atoms with E-state index < -0.39 is 6.61 Å². The normalized spacial score (nSPS) is 19.4. The molecular formula is C12H15NO2. The molecule has 0 spiro atoms. The third-order valence-corrected chi connectivity index (χ3v) is 2.85. The monoisotopic (exact) mass is 205 g/mol. The van der Waals surface area contributed by atoms with Gasteiger partial charge < -0.3 is 10.4 Å². The molecule has 1 atom stereocenters. The van der Waals surface area contributed by atoms with Crippen LogP contribution in [-0.4, -0.2) is 17.6 Å². The van der Waals surface area contributed by atoms with Crippen molar-refractivity contribution in [1.82, 2.24) is 5.32 Å². The summed E-state index contributed by atoms with van der Waals surface area (Å²) in [6, 6.07) is 8.25. The van der Waals surface area contributed by atoms with Crippen LogP contribution >= 0.6 is 0 Å². The van der Waals surface area contributed by atoms with Gasteiger partial charge in [-0.25, -0.2) is 0 Å². The fraction of sp³-hybridized carbons (Fsp3) is 0.417. The molecule has 0 unspecified atom stereocenters. The molecule has 3 heteroatoms. The highest BCUT2D eigenvalue weighted by molar-refractivity contribution is 5.77. The van der Waals surface area contributed by atoms with E-state index in [9.17, 15) is 4.79 Å². The van der Waals surface area contributed by atoms with Crippen LogP contribution in [0.1, 0.15) is 30.0 Å². The summed E-state index contributed by atoms with van der Waals surface area (Å²) in [5.74, 6) is -0.295. The fourth-order valence-electron chi connectivity index (χ4n) is 2.14. The Morgan fingerprint density at radius 2 is 2.27 bits per heavy atom. The van der Waals surface area contributed by atoms with Crippen molar-refractivity contribution < 1.29 is 9.90 Å². The first-order valence-corrected chi connectivity index (χ1v) is 5.29. The molecule has 0 heterocycles. The number of fused-ring (bicyclic) bond motifs is 1. The molecule has 2 rings (SSSR count). The molecule has 0 radical (unpaired) electrons. The Balaban J connectivity index is 2.18. The highest BCUT2D eigenvalue weighted by atomic mass is 16.3. The molecule has 0 saturated carbocycles. The predicted octanol–water partition coefficient (Wildman–Crippen LogP) is 1.17. The summed E-state index contributed by atoms with van der Waals surface area (Å²) >= 11 is 0. The lowest BCUT2D eigenvalue weighted by Crippen LogP contribution is -2.32. The van der Waals surface area contributed by atoms with Crippen LogP contribution < -0.4 is 5.32 Å². The summed E-state index contributed by atoms with van der Waals surface area (Å²) in [4.78, 5) is 11.1. The lowest BCUT2D eigenvalue weighted by atomic mass is 9.88. The number of benzene rings is 1. The van der Waals surface area contributed by atoms with Gasteiger partial charge in [-0.05, 0) is 30.4 Å². The van der Waals surface area contributed by atoms with Crippen LogP contribution in [0.3, 0.4) is 0 Å². The Morgan fingerprint density at radius 3 is 3.07 bits per heavy atom. The highest BCUT2D eigenvalue weighted by Crippen LogP contribution is 2.29. The molecule has 0 aromatic heterocycles. The summed E-state index contributed by atoms with van der Waals surface area (Å²) in [5, 5.41) is 11.5. The van der Waals surface area contributed by atoms with Crippen LogP contribution in [0.5, 0.6) is 0 Å². The molecule has 2 N–H and O–H groups in total. The van der Waals surface area contributed by atoms with Crippen LogP contribution in [0.25, 0.3) is 0 Å². The topological polar surface area (TPSA) is 49.3 Å². The first-order chi connectivity index (χ1) is 7.31. The molecule has 80 valence electrons. The molecule has 3 nitrogen and oxygen atoms in total. The first kappa shape index (κ1) is 10.2. The minimum atomic E-state index is -0.432. The molecular weight excluding hydrogens is 190 g/mol. The van der Waals surface area contributed by atoms with Crippen LogP contribution in [0.2, 0.25) is 0 Å². The number of hydrogen-bond acceptors (Lipinski definition) is 2. The van der Waals surface area contributed by atoms with Crippen LogP contribution in [0.4, 0.5) is 0 Å². The van der Waals surface area contributed by atoms with Gasteiger partial charge in [-0.1, -0.05) is 24.3 Å². The molecule has 1 amide bonds. The Labute approximate surface area is 89.1 Å². The second kappa shape index (κ2) is 4.45. The first-order valence-electron chi connectivity index (χ1n) is 5.29. The van der Waals surface area contributed by atoms with E-state index in [-0.39, 0.29) is 11.9 Å². The fourth-order valence-corrected chi connectivity index (χ4v) is 2.14. The average Bonchev–Trinajstić information content (AvgIpc) is 2.29. The molecule has 15 heavy (non-hydrogen) atoms. The van der Waals surface area contributed by atoms with E-state index >= 15 is 0 Å². The molecule has 0 fully saturated rings. The van der Waals surface area contributed by atoms with Gasteiger partial charge in [-0.3, -0.25) is 4.79 Å². The van der Waals surface area contributed by atoms with Gasteiger partial charge >= 0.3 is 0 Å². The number of amides is 1. The van der Waals surface area contributed by atoms with Gasteiger partial charge in [0.1, 0.15) is 6.61 Å². The Morgan fingerprint density at radius 1 is 1.47 bits per heavy atom. The van der Waals surface area contributed by atoms with Gasteiger partial charge in [-0.15, -0.1) is 0 Å². The van der Waals surface area contributed by atoms with E-state index in [4.69, 9.17) is 5.11 Å². The second-order valence-corrected chi connectivity index (χ2v) is 3.87. The lowest BCUT2D eigenvalue weighted by Gasteiger charge is -2.26. The number of hydrogen-bond donors (Lipinski definition) is 2. The van der Waals surface area contributed by atoms with Crippen molar-refractivity contribution in [3.8, 4) is 0 Å². The number of aliphatic hydroxyl groups is 1. The van der Waals surface area contributed by atoms with E-state index in [2.05, 4.69) is 17.4 Å². The third kappa shape index (κ3) is 2.18. The van der Waals surface area contributed by atoms with Crippen molar-refractivity contribution in [3.05, 3.63) is 35.4 Å². The minimum Gasteiger partial charge on any atom is -0.387 e. The van der Waals surface area contributed by atoms with Crippen LogP contribution in [0.15, 0.2) is 24.3 Å². The average molecular weight is 205 g/mol. The zero-order valence-corrected chi connectivity index (χ0v) is 8.57. The molecule has 0 saturated heterocycles. The maximum absolute atomic E-state index is 11.1. The summed E-state index contributed by atoms with van der Waals surface area (Å²) in [7, 11) is 0. The van der Waals surface area contributed by atoms with E-state index in [1.54, 1.807) is 0 Å². The highest BCUT2D eigenvalue weighted by Gasteiger charge is 2.20. The van der Waals surface area contributed by atoms with E-state index in [0.29, 0.717) is 0 Å².